The fourth-order valence-corrected chi connectivity index (χ4v) is 4.29. The van der Waals surface area contributed by atoms with Crippen molar-refractivity contribution in [2.24, 2.45) is 5.92 Å². The maximum Gasteiger partial charge on any atom is 0.344 e. The number of nitrogens with zero attached hydrogens (tertiary/aromatic N) is 1. The van der Waals surface area contributed by atoms with Crippen molar-refractivity contribution >= 4 is 29.6 Å². The van der Waals surface area contributed by atoms with Gasteiger partial charge in [-0.15, -0.1) is 0 Å². The molecule has 4 rings (SSSR count). The van der Waals surface area contributed by atoms with Crippen LogP contribution in [0, 0.1) is 5.92 Å². The van der Waals surface area contributed by atoms with Gasteiger partial charge in [-0.3, -0.25) is 19.8 Å². The molecule has 1 saturated carbocycles. The molecule has 9 nitrogen and oxygen atoms in total. The highest BCUT2D eigenvalue weighted by atomic mass is 16.5. The van der Waals surface area contributed by atoms with Crippen molar-refractivity contribution in [3.05, 3.63) is 71.3 Å². The van der Waals surface area contributed by atoms with E-state index in [9.17, 15) is 24.0 Å². The lowest BCUT2D eigenvalue weighted by atomic mass is 9.77. The lowest BCUT2D eigenvalue weighted by molar-refractivity contribution is -0.141. The largest absolute Gasteiger partial charge is 0.452 e. The Morgan fingerprint density at radius 1 is 1.00 bits per heavy atom. The van der Waals surface area contributed by atoms with Crippen LogP contribution in [-0.4, -0.2) is 46.8 Å². The molecule has 1 aliphatic carbocycles. The van der Waals surface area contributed by atoms with Crippen molar-refractivity contribution in [2.75, 3.05) is 6.61 Å². The minimum Gasteiger partial charge on any atom is -0.452 e. The topological polar surface area (TPSA) is 122 Å². The lowest BCUT2D eigenvalue weighted by Crippen LogP contribution is -2.52. The molecular weight excluding hydrogens is 438 g/mol. The molecular formula is C25H25N3O6. The van der Waals surface area contributed by atoms with Crippen LogP contribution in [0.15, 0.2) is 54.6 Å². The first kappa shape index (κ1) is 23.2. The summed E-state index contributed by atoms with van der Waals surface area (Å²) in [4.78, 5) is 62.9. The van der Waals surface area contributed by atoms with Crippen molar-refractivity contribution in [2.45, 2.75) is 38.1 Å². The first-order chi connectivity index (χ1) is 16.3. The van der Waals surface area contributed by atoms with Crippen LogP contribution in [-0.2, 0) is 14.3 Å². The van der Waals surface area contributed by atoms with Gasteiger partial charge in [-0.25, -0.2) is 9.59 Å². The number of hydrazine groups is 1. The third kappa shape index (κ3) is 4.54. The van der Waals surface area contributed by atoms with Crippen LogP contribution < -0.4 is 10.7 Å². The summed E-state index contributed by atoms with van der Waals surface area (Å²) in [5.74, 6) is -2.11. The smallest absolute Gasteiger partial charge is 0.344 e. The molecule has 2 aliphatic rings. The number of hydrogen-bond donors (Lipinski definition) is 2. The van der Waals surface area contributed by atoms with E-state index in [1.165, 1.54) is 12.1 Å². The van der Waals surface area contributed by atoms with Gasteiger partial charge in [0.1, 0.15) is 5.54 Å². The SMILES string of the molecule is CC1CCC2(CC1)NC(=O)N(NC(=O)COC(=O)c1ccccc1C(=O)c1ccccc1)C2=O. The van der Waals surface area contributed by atoms with Gasteiger partial charge in [0.05, 0.1) is 5.56 Å². The average Bonchev–Trinajstić information content (AvgIpc) is 3.08. The Labute approximate surface area is 196 Å². The molecule has 9 heteroatoms. The summed E-state index contributed by atoms with van der Waals surface area (Å²) in [5, 5.41) is 3.35. The van der Waals surface area contributed by atoms with Gasteiger partial charge in [0.15, 0.2) is 12.4 Å². The molecule has 1 spiro atoms. The normalized spacial score (nSPS) is 21.8. The van der Waals surface area contributed by atoms with Crippen molar-refractivity contribution < 1.29 is 28.7 Å². The van der Waals surface area contributed by atoms with Crippen LogP contribution in [0.25, 0.3) is 0 Å². The highest BCUT2D eigenvalue weighted by Crippen LogP contribution is 2.35. The minimum atomic E-state index is -0.996. The quantitative estimate of drug-likeness (QED) is 0.386. The number of esters is 1. The number of carbonyl (C=O) groups excluding carboxylic acids is 5. The van der Waals surface area contributed by atoms with Crippen LogP contribution in [0.1, 0.15) is 58.9 Å². The Balaban J connectivity index is 1.38. The van der Waals surface area contributed by atoms with Gasteiger partial charge in [0.2, 0.25) is 0 Å². The number of amides is 4. The molecule has 0 bridgehead atoms. The zero-order valence-corrected chi connectivity index (χ0v) is 18.7. The first-order valence-corrected chi connectivity index (χ1v) is 11.1. The summed E-state index contributed by atoms with van der Waals surface area (Å²) in [6.45, 7) is 1.36. The maximum atomic E-state index is 12.8. The van der Waals surface area contributed by atoms with E-state index in [0.29, 0.717) is 29.3 Å². The summed E-state index contributed by atoms with van der Waals surface area (Å²) in [6.07, 6.45) is 2.61. The molecule has 1 aliphatic heterocycles. The zero-order chi connectivity index (χ0) is 24.3. The number of imide groups is 1. The zero-order valence-electron chi connectivity index (χ0n) is 18.7. The van der Waals surface area contributed by atoms with E-state index in [1.807, 2.05) is 0 Å². The van der Waals surface area contributed by atoms with Crippen molar-refractivity contribution in [1.29, 1.82) is 0 Å². The molecule has 2 aromatic carbocycles. The number of urea groups is 1. The van der Waals surface area contributed by atoms with Crippen LogP contribution in [0.3, 0.4) is 0 Å². The van der Waals surface area contributed by atoms with Gasteiger partial charge in [-0.1, -0.05) is 55.5 Å². The summed E-state index contributed by atoms with van der Waals surface area (Å²) < 4.78 is 5.08. The summed E-state index contributed by atoms with van der Waals surface area (Å²) in [5.41, 5.74) is 1.78. The molecule has 0 atom stereocenters. The second-order valence-electron chi connectivity index (χ2n) is 8.69. The number of benzene rings is 2. The van der Waals surface area contributed by atoms with Crippen molar-refractivity contribution in [1.82, 2.24) is 15.8 Å². The second kappa shape index (κ2) is 9.46. The molecule has 2 fully saturated rings. The van der Waals surface area contributed by atoms with E-state index in [0.717, 1.165) is 12.8 Å². The number of ether oxygens (including phenoxy) is 1. The van der Waals surface area contributed by atoms with Gasteiger partial charge >= 0.3 is 12.0 Å². The fraction of sp³-hybridized carbons (Fsp3) is 0.320. The summed E-state index contributed by atoms with van der Waals surface area (Å²) in [6, 6.07) is 13.9. The third-order valence-electron chi connectivity index (χ3n) is 6.29. The number of ketones is 1. The monoisotopic (exact) mass is 463 g/mol. The molecule has 176 valence electrons. The Morgan fingerprint density at radius 3 is 2.29 bits per heavy atom. The van der Waals surface area contributed by atoms with Gasteiger partial charge in [-0.05, 0) is 37.7 Å². The average molecular weight is 463 g/mol. The fourth-order valence-electron chi connectivity index (χ4n) is 4.29. The molecule has 0 radical (unpaired) electrons. The molecule has 1 saturated heterocycles. The third-order valence-corrected chi connectivity index (χ3v) is 6.29. The maximum absolute atomic E-state index is 12.8. The molecule has 1 heterocycles. The Bertz CT molecular complexity index is 1140. The predicted molar refractivity (Wildman–Crippen MR) is 120 cm³/mol. The molecule has 2 N–H and O–H groups in total. The Hall–Kier alpha value is -4.01. The van der Waals surface area contributed by atoms with E-state index in [-0.39, 0.29) is 16.9 Å². The van der Waals surface area contributed by atoms with E-state index in [1.54, 1.807) is 42.5 Å². The predicted octanol–water partition coefficient (Wildman–Crippen LogP) is 2.61. The van der Waals surface area contributed by atoms with Crippen LogP contribution in [0.2, 0.25) is 0 Å². The summed E-state index contributed by atoms with van der Waals surface area (Å²) in [7, 11) is 0. The number of nitrogens with one attached hydrogen (secondary N) is 2. The molecule has 0 aromatic heterocycles. The highest BCUT2D eigenvalue weighted by Gasteiger charge is 2.52. The summed E-state index contributed by atoms with van der Waals surface area (Å²) >= 11 is 0. The van der Waals surface area contributed by atoms with Crippen LogP contribution in [0.5, 0.6) is 0 Å². The van der Waals surface area contributed by atoms with E-state index in [2.05, 4.69) is 17.7 Å². The molecule has 4 amide bonds. The standard InChI is InChI=1S/C25H25N3O6/c1-16-11-13-25(14-12-16)23(32)28(24(33)26-25)27-20(29)15-34-22(31)19-10-6-5-9-18(19)21(30)17-7-3-2-4-8-17/h2-10,16H,11-15H2,1H3,(H,26,33)(H,27,29). The molecule has 0 unspecified atom stereocenters. The molecule has 2 aromatic rings. The minimum absolute atomic E-state index is 0.00873. The number of carbonyl (C=O) groups is 5. The van der Waals surface area contributed by atoms with Gasteiger partial charge < -0.3 is 10.1 Å². The van der Waals surface area contributed by atoms with E-state index >= 15 is 0 Å². The van der Waals surface area contributed by atoms with Gasteiger partial charge in [0, 0.05) is 11.1 Å². The Morgan fingerprint density at radius 2 is 1.62 bits per heavy atom. The van der Waals surface area contributed by atoms with Crippen molar-refractivity contribution in [3.8, 4) is 0 Å². The van der Waals surface area contributed by atoms with Crippen molar-refractivity contribution in [3.63, 3.8) is 0 Å². The second-order valence-corrected chi connectivity index (χ2v) is 8.69. The Kier molecular flexibility index (Phi) is 6.45. The van der Waals surface area contributed by atoms with E-state index < -0.39 is 36.0 Å². The highest BCUT2D eigenvalue weighted by molar-refractivity contribution is 6.14. The number of rotatable bonds is 6. The molecule has 34 heavy (non-hydrogen) atoms. The van der Waals surface area contributed by atoms with Crippen LogP contribution >= 0.6 is 0 Å². The first-order valence-electron chi connectivity index (χ1n) is 11.1. The van der Waals surface area contributed by atoms with Gasteiger partial charge in [-0.2, -0.15) is 5.01 Å². The van der Waals surface area contributed by atoms with E-state index in [4.69, 9.17) is 4.74 Å². The number of hydrogen-bond acceptors (Lipinski definition) is 6. The lowest BCUT2D eigenvalue weighted by Gasteiger charge is -2.33. The van der Waals surface area contributed by atoms with Gasteiger partial charge in [0.25, 0.3) is 11.8 Å². The van der Waals surface area contributed by atoms with Crippen LogP contribution in [0.4, 0.5) is 4.79 Å².